The molecule has 0 fully saturated rings. The van der Waals surface area contributed by atoms with Gasteiger partial charge < -0.3 is 0 Å². The SMILES string of the molecule is Br.Clc1ccc(Cl)c(CBr)c1. The van der Waals surface area contributed by atoms with Gasteiger partial charge >= 0.3 is 0 Å². The van der Waals surface area contributed by atoms with E-state index in [1.807, 2.05) is 6.07 Å². The van der Waals surface area contributed by atoms with Crippen molar-refractivity contribution in [3.8, 4) is 0 Å². The van der Waals surface area contributed by atoms with E-state index >= 15 is 0 Å². The first-order valence-electron chi connectivity index (χ1n) is 2.74. The molecule has 0 nitrogen and oxygen atoms in total. The molecule has 0 bridgehead atoms. The zero-order valence-corrected chi connectivity index (χ0v) is 10.3. The summed E-state index contributed by atoms with van der Waals surface area (Å²) in [6.07, 6.45) is 0. The Kier molecular flexibility index (Phi) is 5.79. The molecule has 0 amide bonds. The molecule has 0 heterocycles. The minimum Gasteiger partial charge on any atom is -0.114 e. The van der Waals surface area contributed by atoms with Gasteiger partial charge in [-0.05, 0) is 23.8 Å². The third-order valence-electron chi connectivity index (χ3n) is 1.15. The Morgan fingerprint density at radius 1 is 1.27 bits per heavy atom. The molecular weight excluding hydrogens is 315 g/mol. The molecule has 0 aliphatic carbocycles. The second-order valence-electron chi connectivity index (χ2n) is 1.87. The lowest BCUT2D eigenvalue weighted by molar-refractivity contribution is 1.44. The predicted molar refractivity (Wildman–Crippen MR) is 59.4 cm³/mol. The Morgan fingerprint density at radius 2 is 1.91 bits per heavy atom. The fraction of sp³-hybridized carbons (Fsp3) is 0.143. The monoisotopic (exact) mass is 318 g/mol. The smallest absolute Gasteiger partial charge is 0.0447 e. The molecule has 0 unspecified atom stereocenters. The Labute approximate surface area is 94.8 Å². The van der Waals surface area contributed by atoms with Crippen LogP contribution in [0.1, 0.15) is 5.56 Å². The van der Waals surface area contributed by atoms with Crippen molar-refractivity contribution in [2.45, 2.75) is 5.33 Å². The highest BCUT2D eigenvalue weighted by Gasteiger charge is 1.97. The van der Waals surface area contributed by atoms with E-state index in [1.54, 1.807) is 12.1 Å². The van der Waals surface area contributed by atoms with Gasteiger partial charge in [-0.15, -0.1) is 17.0 Å². The van der Waals surface area contributed by atoms with Crippen molar-refractivity contribution in [1.29, 1.82) is 0 Å². The van der Waals surface area contributed by atoms with E-state index in [2.05, 4.69) is 15.9 Å². The molecule has 0 atom stereocenters. The van der Waals surface area contributed by atoms with E-state index in [0.29, 0.717) is 0 Å². The van der Waals surface area contributed by atoms with Gasteiger partial charge in [-0.2, -0.15) is 0 Å². The normalized spacial score (nSPS) is 9.00. The molecule has 0 spiro atoms. The summed E-state index contributed by atoms with van der Waals surface area (Å²) in [7, 11) is 0. The van der Waals surface area contributed by atoms with Crippen LogP contribution in [-0.4, -0.2) is 0 Å². The largest absolute Gasteiger partial charge is 0.114 e. The topological polar surface area (TPSA) is 0 Å². The van der Waals surface area contributed by atoms with E-state index in [4.69, 9.17) is 23.2 Å². The van der Waals surface area contributed by atoms with Crippen LogP contribution in [-0.2, 0) is 5.33 Å². The van der Waals surface area contributed by atoms with Crippen molar-refractivity contribution in [2.24, 2.45) is 0 Å². The van der Waals surface area contributed by atoms with Gasteiger partial charge in [0.05, 0.1) is 0 Å². The van der Waals surface area contributed by atoms with Crippen LogP contribution in [0.3, 0.4) is 0 Å². The number of hydrogen-bond donors (Lipinski definition) is 0. The number of halogens is 4. The molecule has 1 aromatic rings. The van der Waals surface area contributed by atoms with Crippen molar-refractivity contribution in [2.75, 3.05) is 0 Å². The summed E-state index contributed by atoms with van der Waals surface area (Å²) in [4.78, 5) is 0. The van der Waals surface area contributed by atoms with Crippen LogP contribution in [0.4, 0.5) is 0 Å². The van der Waals surface area contributed by atoms with Gasteiger partial charge in [0.15, 0.2) is 0 Å². The first kappa shape index (κ1) is 11.8. The quantitative estimate of drug-likeness (QED) is 0.670. The third kappa shape index (κ3) is 3.32. The number of hydrogen-bond acceptors (Lipinski definition) is 0. The van der Waals surface area contributed by atoms with E-state index < -0.39 is 0 Å². The van der Waals surface area contributed by atoms with E-state index in [9.17, 15) is 0 Å². The van der Waals surface area contributed by atoms with Gasteiger partial charge in [-0.25, -0.2) is 0 Å². The maximum atomic E-state index is 5.81. The zero-order valence-electron chi connectivity index (χ0n) is 5.48. The van der Waals surface area contributed by atoms with Gasteiger partial charge in [0, 0.05) is 15.4 Å². The van der Waals surface area contributed by atoms with Gasteiger partial charge in [-0.1, -0.05) is 39.1 Å². The summed E-state index contributed by atoms with van der Waals surface area (Å²) in [5, 5.41) is 2.21. The average molecular weight is 321 g/mol. The molecule has 0 N–H and O–H groups in total. The highest BCUT2D eigenvalue weighted by atomic mass is 79.9. The lowest BCUT2D eigenvalue weighted by Crippen LogP contribution is -1.77. The molecule has 0 aliphatic heterocycles. The minimum atomic E-state index is 0. The Balaban J connectivity index is 0.000001000. The first-order valence-corrected chi connectivity index (χ1v) is 4.61. The number of benzene rings is 1. The molecule has 4 heteroatoms. The molecule has 0 saturated heterocycles. The predicted octanol–water partition coefficient (Wildman–Crippen LogP) is 4.47. The van der Waals surface area contributed by atoms with Crippen LogP contribution in [0, 0.1) is 0 Å². The summed E-state index contributed by atoms with van der Waals surface area (Å²) in [6, 6.07) is 5.41. The van der Waals surface area contributed by atoms with E-state index in [1.165, 1.54) is 0 Å². The molecule has 0 aliphatic rings. The number of rotatable bonds is 1. The van der Waals surface area contributed by atoms with Crippen LogP contribution in [0.25, 0.3) is 0 Å². The third-order valence-corrected chi connectivity index (χ3v) is 2.36. The summed E-state index contributed by atoms with van der Waals surface area (Å²) in [5.74, 6) is 0. The molecule has 0 aromatic heterocycles. The highest BCUT2D eigenvalue weighted by molar-refractivity contribution is 9.08. The Hall–Kier alpha value is 0.760. The van der Waals surface area contributed by atoms with E-state index in [-0.39, 0.29) is 17.0 Å². The summed E-state index contributed by atoms with van der Waals surface area (Å²) >= 11 is 14.8. The van der Waals surface area contributed by atoms with Crippen LogP contribution in [0.15, 0.2) is 18.2 Å². The van der Waals surface area contributed by atoms with Gasteiger partial charge in [-0.3, -0.25) is 0 Å². The van der Waals surface area contributed by atoms with Crippen molar-refractivity contribution >= 4 is 56.1 Å². The lowest BCUT2D eigenvalue weighted by Gasteiger charge is -1.98. The maximum Gasteiger partial charge on any atom is 0.0447 e. The first-order chi connectivity index (χ1) is 4.74. The van der Waals surface area contributed by atoms with Crippen LogP contribution in [0.2, 0.25) is 10.0 Å². The van der Waals surface area contributed by atoms with Crippen LogP contribution in [0.5, 0.6) is 0 Å². The van der Waals surface area contributed by atoms with Gasteiger partial charge in [0.2, 0.25) is 0 Å². The van der Waals surface area contributed by atoms with Crippen molar-refractivity contribution < 1.29 is 0 Å². The minimum absolute atomic E-state index is 0. The van der Waals surface area contributed by atoms with Gasteiger partial charge in [0.25, 0.3) is 0 Å². The molecular formula is C7H6Br2Cl2. The standard InChI is InChI=1S/C7H5BrCl2.BrH/c8-4-5-3-6(9)1-2-7(5)10;/h1-3H,4H2;1H. The van der Waals surface area contributed by atoms with Crippen molar-refractivity contribution in [3.63, 3.8) is 0 Å². The molecule has 1 aromatic carbocycles. The summed E-state index contributed by atoms with van der Waals surface area (Å²) < 4.78 is 0. The summed E-state index contributed by atoms with van der Waals surface area (Å²) in [5.41, 5.74) is 1.02. The maximum absolute atomic E-state index is 5.81. The fourth-order valence-corrected chi connectivity index (χ4v) is 1.65. The second-order valence-corrected chi connectivity index (χ2v) is 3.27. The van der Waals surface area contributed by atoms with Crippen molar-refractivity contribution in [1.82, 2.24) is 0 Å². The summed E-state index contributed by atoms with van der Waals surface area (Å²) in [6.45, 7) is 0. The second kappa shape index (κ2) is 5.41. The van der Waals surface area contributed by atoms with Gasteiger partial charge in [0.1, 0.15) is 0 Å². The highest BCUT2D eigenvalue weighted by Crippen LogP contribution is 2.22. The molecule has 0 saturated carbocycles. The Bertz CT molecular complexity index is 238. The van der Waals surface area contributed by atoms with Crippen LogP contribution >= 0.6 is 56.1 Å². The number of alkyl halides is 1. The molecule has 1 rings (SSSR count). The van der Waals surface area contributed by atoms with Crippen LogP contribution < -0.4 is 0 Å². The molecule has 0 radical (unpaired) electrons. The average Bonchev–Trinajstić information content (AvgIpc) is 1.94. The molecule has 62 valence electrons. The Morgan fingerprint density at radius 3 is 2.36 bits per heavy atom. The fourth-order valence-electron chi connectivity index (χ4n) is 0.646. The van der Waals surface area contributed by atoms with E-state index in [0.717, 1.165) is 20.9 Å². The molecule has 11 heavy (non-hydrogen) atoms. The lowest BCUT2D eigenvalue weighted by atomic mass is 10.2. The van der Waals surface area contributed by atoms with Crippen molar-refractivity contribution in [3.05, 3.63) is 33.8 Å². The zero-order chi connectivity index (χ0) is 7.56.